The van der Waals surface area contributed by atoms with Gasteiger partial charge in [0.1, 0.15) is 17.2 Å². The molecule has 1 unspecified atom stereocenters. The molecule has 4 aromatic carbocycles. The van der Waals surface area contributed by atoms with Gasteiger partial charge in [-0.1, -0.05) is 72.3 Å². The molecule has 0 radical (unpaired) electrons. The Morgan fingerprint density at radius 3 is 2.23 bits per heavy atom. The van der Waals surface area contributed by atoms with Crippen molar-refractivity contribution in [2.24, 2.45) is 0 Å². The minimum Gasteiger partial charge on any atom is -0.497 e. The molecule has 1 heterocycles. The van der Waals surface area contributed by atoms with Gasteiger partial charge in [-0.2, -0.15) is 5.10 Å². The van der Waals surface area contributed by atoms with E-state index in [-0.39, 0.29) is 11.9 Å². The van der Waals surface area contributed by atoms with Gasteiger partial charge in [0.25, 0.3) is 5.91 Å². The molecule has 1 aromatic heterocycles. The first-order chi connectivity index (χ1) is 19.1. The number of benzene rings is 4. The molecule has 0 bridgehead atoms. The molecule has 1 N–H and O–H groups in total. The molecule has 1 atom stereocenters. The third kappa shape index (κ3) is 5.97. The second-order valence-corrected chi connectivity index (χ2v) is 9.43. The Labute approximate surface area is 232 Å². The summed E-state index contributed by atoms with van der Waals surface area (Å²) in [5.41, 5.74) is 4.57. The number of rotatable bonds is 9. The van der Waals surface area contributed by atoms with Crippen LogP contribution in [-0.2, 0) is 6.42 Å². The summed E-state index contributed by atoms with van der Waals surface area (Å²) >= 11 is 6.15. The van der Waals surface area contributed by atoms with Crippen LogP contribution in [0.25, 0.3) is 16.9 Å². The van der Waals surface area contributed by atoms with E-state index in [1.165, 1.54) is 0 Å². The average molecular weight is 538 g/mol. The van der Waals surface area contributed by atoms with Gasteiger partial charge in [-0.05, 0) is 60.0 Å². The molecule has 5 rings (SSSR count). The summed E-state index contributed by atoms with van der Waals surface area (Å²) in [6.07, 6.45) is 0.644. The molecule has 0 fully saturated rings. The van der Waals surface area contributed by atoms with E-state index < -0.39 is 0 Å². The monoisotopic (exact) mass is 537 g/mol. The van der Waals surface area contributed by atoms with Gasteiger partial charge < -0.3 is 14.8 Å². The van der Waals surface area contributed by atoms with E-state index in [1.54, 1.807) is 43.2 Å². The molecular weight excluding hydrogens is 510 g/mol. The first kappa shape index (κ1) is 26.1. The van der Waals surface area contributed by atoms with E-state index in [9.17, 15) is 4.79 Å². The average Bonchev–Trinajstić information content (AvgIpc) is 3.43. The second-order valence-electron chi connectivity index (χ2n) is 9.00. The number of methoxy groups -OCH3 is 2. The Morgan fingerprint density at radius 2 is 1.56 bits per heavy atom. The second kappa shape index (κ2) is 11.9. The molecule has 0 aliphatic carbocycles. The van der Waals surface area contributed by atoms with Crippen LogP contribution in [0.15, 0.2) is 109 Å². The molecule has 39 heavy (non-hydrogen) atoms. The van der Waals surface area contributed by atoms with Gasteiger partial charge >= 0.3 is 0 Å². The van der Waals surface area contributed by atoms with Crippen molar-refractivity contribution in [1.82, 2.24) is 15.1 Å². The van der Waals surface area contributed by atoms with Crippen molar-refractivity contribution < 1.29 is 14.3 Å². The van der Waals surface area contributed by atoms with E-state index in [0.717, 1.165) is 16.7 Å². The Balaban J connectivity index is 1.55. The molecule has 196 valence electrons. The largest absolute Gasteiger partial charge is 0.497 e. The van der Waals surface area contributed by atoms with Crippen molar-refractivity contribution in [2.45, 2.75) is 12.5 Å². The van der Waals surface area contributed by atoms with Crippen molar-refractivity contribution in [3.05, 3.63) is 131 Å². The zero-order chi connectivity index (χ0) is 27.2. The Hall–Kier alpha value is -4.55. The number of nitrogens with one attached hydrogen (secondary N) is 1. The molecule has 1 amide bonds. The van der Waals surface area contributed by atoms with Gasteiger partial charge in [0, 0.05) is 16.7 Å². The summed E-state index contributed by atoms with van der Waals surface area (Å²) in [5.74, 6) is 1.01. The predicted octanol–water partition coefficient (Wildman–Crippen LogP) is 6.92. The first-order valence-electron chi connectivity index (χ1n) is 12.5. The molecular formula is C32H28ClN3O3. The smallest absolute Gasteiger partial charge is 0.270 e. The molecule has 7 heteroatoms. The van der Waals surface area contributed by atoms with Crippen LogP contribution in [-0.4, -0.2) is 29.9 Å². The van der Waals surface area contributed by atoms with Gasteiger partial charge in [-0.15, -0.1) is 0 Å². The highest BCUT2D eigenvalue weighted by Crippen LogP contribution is 2.34. The third-order valence-electron chi connectivity index (χ3n) is 6.49. The minimum atomic E-state index is -0.249. The minimum absolute atomic E-state index is 0.242. The molecule has 0 saturated carbocycles. The summed E-state index contributed by atoms with van der Waals surface area (Å²) in [6.45, 7) is 0. The number of nitrogens with zero attached hydrogens (tertiary/aromatic N) is 2. The zero-order valence-corrected chi connectivity index (χ0v) is 22.4. The van der Waals surface area contributed by atoms with Gasteiger partial charge in [-0.25, -0.2) is 4.68 Å². The van der Waals surface area contributed by atoms with Crippen LogP contribution in [0.2, 0.25) is 5.02 Å². The van der Waals surface area contributed by atoms with Crippen LogP contribution < -0.4 is 14.8 Å². The van der Waals surface area contributed by atoms with E-state index in [2.05, 4.69) is 17.4 Å². The SMILES string of the molecule is COc1ccc(-c2cc(C(=O)NC(Cc3ccccc3)c3ccccc3)n(-c3ccc(Cl)cc3)n2)c(OC)c1. The van der Waals surface area contributed by atoms with Crippen molar-refractivity contribution in [3.8, 4) is 28.4 Å². The molecule has 0 saturated heterocycles. The number of hydrogen-bond donors (Lipinski definition) is 1. The van der Waals surface area contributed by atoms with Crippen molar-refractivity contribution >= 4 is 17.5 Å². The number of aromatic nitrogens is 2. The van der Waals surface area contributed by atoms with Crippen LogP contribution in [0, 0.1) is 0 Å². The fourth-order valence-electron chi connectivity index (χ4n) is 4.48. The highest BCUT2D eigenvalue weighted by atomic mass is 35.5. The topological polar surface area (TPSA) is 65.4 Å². The summed E-state index contributed by atoms with van der Waals surface area (Å²) in [5, 5.41) is 8.67. The lowest BCUT2D eigenvalue weighted by Gasteiger charge is -2.20. The number of halogens is 1. The van der Waals surface area contributed by atoms with Crippen molar-refractivity contribution in [3.63, 3.8) is 0 Å². The fraction of sp³-hybridized carbons (Fsp3) is 0.125. The van der Waals surface area contributed by atoms with E-state index in [4.69, 9.17) is 26.2 Å². The Kier molecular flexibility index (Phi) is 7.94. The standard InChI is InChI=1S/C32H28ClN3O3/c1-38-26-17-18-27(31(20-26)39-2)29-21-30(36(35-29)25-15-13-24(33)14-16-25)32(37)34-28(23-11-7-4-8-12-23)19-22-9-5-3-6-10-22/h3-18,20-21,28H,19H2,1-2H3,(H,34,37). The highest BCUT2D eigenvalue weighted by Gasteiger charge is 2.23. The predicted molar refractivity (Wildman–Crippen MR) is 154 cm³/mol. The van der Waals surface area contributed by atoms with E-state index in [1.807, 2.05) is 72.8 Å². The van der Waals surface area contributed by atoms with Crippen LogP contribution in [0.3, 0.4) is 0 Å². The maximum absolute atomic E-state index is 13.9. The molecule has 0 spiro atoms. The first-order valence-corrected chi connectivity index (χ1v) is 12.9. The molecule has 5 aromatic rings. The van der Waals surface area contributed by atoms with Gasteiger partial charge in [0.2, 0.25) is 0 Å². The van der Waals surface area contributed by atoms with Gasteiger partial charge in [0.15, 0.2) is 0 Å². The molecule has 6 nitrogen and oxygen atoms in total. The van der Waals surface area contributed by atoms with Crippen LogP contribution in [0.5, 0.6) is 11.5 Å². The number of carbonyl (C=O) groups excluding carboxylic acids is 1. The van der Waals surface area contributed by atoms with Crippen LogP contribution in [0.1, 0.15) is 27.7 Å². The summed E-state index contributed by atoms with van der Waals surface area (Å²) in [7, 11) is 3.20. The normalized spacial score (nSPS) is 11.6. The molecule has 0 aliphatic heterocycles. The quantitative estimate of drug-likeness (QED) is 0.221. The third-order valence-corrected chi connectivity index (χ3v) is 6.74. The van der Waals surface area contributed by atoms with E-state index >= 15 is 0 Å². The number of ether oxygens (including phenoxy) is 2. The van der Waals surface area contributed by atoms with Crippen LogP contribution in [0.4, 0.5) is 0 Å². The Bertz CT molecular complexity index is 1550. The lowest BCUT2D eigenvalue weighted by Crippen LogP contribution is -2.31. The highest BCUT2D eigenvalue weighted by molar-refractivity contribution is 6.30. The lowest BCUT2D eigenvalue weighted by atomic mass is 9.98. The summed E-state index contributed by atoms with van der Waals surface area (Å²) in [4.78, 5) is 13.9. The van der Waals surface area contributed by atoms with Crippen LogP contribution >= 0.6 is 11.6 Å². The number of carbonyl (C=O) groups is 1. The zero-order valence-electron chi connectivity index (χ0n) is 21.7. The Morgan fingerprint density at radius 1 is 0.872 bits per heavy atom. The van der Waals surface area contributed by atoms with Gasteiger partial charge in [-0.3, -0.25) is 4.79 Å². The number of hydrogen-bond acceptors (Lipinski definition) is 4. The summed E-state index contributed by atoms with van der Waals surface area (Å²) in [6, 6.07) is 34.3. The van der Waals surface area contributed by atoms with Crippen molar-refractivity contribution in [2.75, 3.05) is 14.2 Å². The summed E-state index contributed by atoms with van der Waals surface area (Å²) < 4.78 is 12.6. The van der Waals surface area contributed by atoms with E-state index in [0.29, 0.717) is 40.0 Å². The number of amides is 1. The maximum atomic E-state index is 13.9. The maximum Gasteiger partial charge on any atom is 0.270 e. The molecule has 0 aliphatic rings. The van der Waals surface area contributed by atoms with Crippen molar-refractivity contribution in [1.29, 1.82) is 0 Å². The van der Waals surface area contributed by atoms with Gasteiger partial charge in [0.05, 0.1) is 31.6 Å². The lowest BCUT2D eigenvalue weighted by molar-refractivity contribution is 0.0928. The fourth-order valence-corrected chi connectivity index (χ4v) is 4.61.